The van der Waals surface area contributed by atoms with Crippen LogP contribution in [0.1, 0.15) is 18.2 Å². The quantitative estimate of drug-likeness (QED) is 0.912. The molecule has 1 aromatic carbocycles. The number of anilines is 1. The van der Waals surface area contributed by atoms with Gasteiger partial charge < -0.3 is 10.6 Å². The van der Waals surface area contributed by atoms with Gasteiger partial charge in [0.15, 0.2) is 0 Å². The Bertz CT molecular complexity index is 555. The van der Waals surface area contributed by atoms with Crippen LogP contribution >= 0.6 is 15.9 Å². The van der Waals surface area contributed by atoms with E-state index in [1.165, 1.54) is 5.56 Å². The number of benzene rings is 1. The average Bonchev–Trinajstić information content (AvgIpc) is 2.39. The van der Waals surface area contributed by atoms with E-state index in [1.54, 1.807) is 0 Å². The lowest BCUT2D eigenvalue weighted by atomic mass is 10.1. The molecule has 0 saturated heterocycles. The van der Waals surface area contributed by atoms with Crippen LogP contribution in [0.4, 0.5) is 5.69 Å². The summed E-state index contributed by atoms with van der Waals surface area (Å²) in [5, 5.41) is 0. The third-order valence-electron chi connectivity index (χ3n) is 3.11. The minimum absolute atomic E-state index is 0.180. The van der Waals surface area contributed by atoms with Crippen molar-refractivity contribution in [2.75, 3.05) is 11.9 Å². The molecule has 0 saturated carbocycles. The maximum Gasteiger partial charge on any atom is 0.0599 e. The highest BCUT2D eigenvalue weighted by atomic mass is 79.9. The minimum atomic E-state index is 0.180. The fraction of sp³-hybridized carbons (Fsp3) is 0.312. The molecule has 1 heterocycles. The van der Waals surface area contributed by atoms with Crippen molar-refractivity contribution in [2.45, 2.75) is 25.9 Å². The van der Waals surface area contributed by atoms with Gasteiger partial charge in [0.2, 0.25) is 0 Å². The lowest BCUT2D eigenvalue weighted by Crippen LogP contribution is -2.19. The molecular formula is C16H20BrN3. The fourth-order valence-electron chi connectivity index (χ4n) is 2.18. The number of pyridine rings is 1. The van der Waals surface area contributed by atoms with Gasteiger partial charge in [0.05, 0.1) is 17.9 Å². The molecule has 4 heteroatoms. The first-order chi connectivity index (χ1) is 9.56. The molecule has 2 rings (SSSR count). The summed E-state index contributed by atoms with van der Waals surface area (Å²) < 4.78 is 1.09. The van der Waals surface area contributed by atoms with Crippen molar-refractivity contribution >= 4 is 21.6 Å². The Morgan fingerprint density at radius 1 is 1.30 bits per heavy atom. The van der Waals surface area contributed by atoms with Crippen LogP contribution in [0.15, 0.2) is 47.1 Å². The Balaban J connectivity index is 2.12. The molecule has 0 spiro atoms. The molecule has 0 bridgehead atoms. The zero-order chi connectivity index (χ0) is 14.5. The van der Waals surface area contributed by atoms with Gasteiger partial charge in [-0.05, 0) is 59.1 Å². The molecule has 0 aliphatic heterocycles. The smallest absolute Gasteiger partial charge is 0.0599 e. The SMILES string of the molecule is CC(N)Cc1ccc(N(C)Cc2ccccn2)c(Br)c1. The molecule has 1 atom stereocenters. The maximum absolute atomic E-state index is 5.84. The monoisotopic (exact) mass is 333 g/mol. The zero-order valence-corrected chi connectivity index (χ0v) is 13.5. The second-order valence-electron chi connectivity index (χ2n) is 5.14. The van der Waals surface area contributed by atoms with Crippen LogP contribution < -0.4 is 10.6 Å². The Morgan fingerprint density at radius 3 is 2.70 bits per heavy atom. The van der Waals surface area contributed by atoms with Gasteiger partial charge in [-0.15, -0.1) is 0 Å². The second-order valence-corrected chi connectivity index (χ2v) is 6.00. The lowest BCUT2D eigenvalue weighted by Gasteiger charge is -2.21. The van der Waals surface area contributed by atoms with Crippen molar-refractivity contribution in [2.24, 2.45) is 5.73 Å². The molecule has 0 aliphatic carbocycles. The maximum atomic E-state index is 5.84. The fourth-order valence-corrected chi connectivity index (χ4v) is 2.91. The van der Waals surface area contributed by atoms with Crippen LogP contribution in [0, 0.1) is 0 Å². The Morgan fingerprint density at radius 2 is 2.10 bits per heavy atom. The summed E-state index contributed by atoms with van der Waals surface area (Å²) in [4.78, 5) is 6.54. The molecule has 0 fully saturated rings. The highest BCUT2D eigenvalue weighted by Gasteiger charge is 2.08. The van der Waals surface area contributed by atoms with Crippen LogP contribution in [-0.2, 0) is 13.0 Å². The van der Waals surface area contributed by atoms with Crippen molar-refractivity contribution in [1.82, 2.24) is 4.98 Å². The van der Waals surface area contributed by atoms with E-state index in [9.17, 15) is 0 Å². The summed E-state index contributed by atoms with van der Waals surface area (Å²) in [7, 11) is 2.07. The predicted octanol–water partition coefficient (Wildman–Crippen LogP) is 3.37. The first kappa shape index (κ1) is 15.0. The van der Waals surface area contributed by atoms with Crippen molar-refractivity contribution < 1.29 is 0 Å². The van der Waals surface area contributed by atoms with Crippen LogP contribution in [0.2, 0.25) is 0 Å². The minimum Gasteiger partial charge on any atom is -0.368 e. The van der Waals surface area contributed by atoms with E-state index in [0.29, 0.717) is 0 Å². The summed E-state index contributed by atoms with van der Waals surface area (Å²) in [5.41, 5.74) is 9.31. The Kier molecular flexibility index (Phi) is 5.15. The molecule has 20 heavy (non-hydrogen) atoms. The van der Waals surface area contributed by atoms with Gasteiger partial charge >= 0.3 is 0 Å². The van der Waals surface area contributed by atoms with Crippen molar-refractivity contribution in [1.29, 1.82) is 0 Å². The summed E-state index contributed by atoms with van der Waals surface area (Å²) in [6.45, 7) is 2.81. The van der Waals surface area contributed by atoms with Crippen molar-refractivity contribution in [3.8, 4) is 0 Å². The molecule has 2 N–H and O–H groups in total. The van der Waals surface area contributed by atoms with Gasteiger partial charge in [-0.2, -0.15) is 0 Å². The third-order valence-corrected chi connectivity index (χ3v) is 3.74. The number of rotatable bonds is 5. The van der Waals surface area contributed by atoms with Crippen LogP contribution in [0.25, 0.3) is 0 Å². The van der Waals surface area contributed by atoms with E-state index >= 15 is 0 Å². The number of nitrogens with two attached hydrogens (primary N) is 1. The number of hydrogen-bond acceptors (Lipinski definition) is 3. The summed E-state index contributed by atoms with van der Waals surface area (Å²) >= 11 is 3.65. The highest BCUT2D eigenvalue weighted by Crippen LogP contribution is 2.27. The molecule has 106 valence electrons. The third kappa shape index (κ3) is 4.05. The number of aromatic nitrogens is 1. The zero-order valence-electron chi connectivity index (χ0n) is 11.9. The molecule has 1 unspecified atom stereocenters. The largest absolute Gasteiger partial charge is 0.368 e. The van der Waals surface area contributed by atoms with Gasteiger partial charge in [0.1, 0.15) is 0 Å². The first-order valence-corrected chi connectivity index (χ1v) is 7.50. The molecular weight excluding hydrogens is 314 g/mol. The van der Waals surface area contributed by atoms with Crippen LogP contribution in [0.3, 0.4) is 0 Å². The van der Waals surface area contributed by atoms with Crippen LogP contribution in [0.5, 0.6) is 0 Å². The first-order valence-electron chi connectivity index (χ1n) is 6.71. The lowest BCUT2D eigenvalue weighted by molar-refractivity contribution is 0.737. The molecule has 0 radical (unpaired) electrons. The normalized spacial score (nSPS) is 12.2. The van der Waals surface area contributed by atoms with Crippen molar-refractivity contribution in [3.05, 3.63) is 58.3 Å². The molecule has 2 aromatic rings. The molecule has 0 amide bonds. The van der Waals surface area contributed by atoms with E-state index in [-0.39, 0.29) is 6.04 Å². The average molecular weight is 334 g/mol. The van der Waals surface area contributed by atoms with Crippen molar-refractivity contribution in [3.63, 3.8) is 0 Å². The molecule has 0 aliphatic rings. The van der Waals surface area contributed by atoms with Gasteiger partial charge in [-0.3, -0.25) is 4.98 Å². The predicted molar refractivity (Wildman–Crippen MR) is 87.8 cm³/mol. The standard InChI is InChI=1S/C16H20BrN3/c1-12(18)9-13-6-7-16(15(17)10-13)20(2)11-14-5-3-4-8-19-14/h3-8,10,12H,9,11,18H2,1-2H3. The van der Waals surface area contributed by atoms with E-state index in [0.717, 1.165) is 28.8 Å². The van der Waals surface area contributed by atoms with Crippen LogP contribution in [-0.4, -0.2) is 18.1 Å². The number of nitrogens with zero attached hydrogens (tertiary/aromatic N) is 2. The highest BCUT2D eigenvalue weighted by molar-refractivity contribution is 9.10. The van der Waals surface area contributed by atoms with E-state index in [1.807, 2.05) is 31.3 Å². The van der Waals surface area contributed by atoms with Gasteiger partial charge in [-0.25, -0.2) is 0 Å². The summed E-state index contributed by atoms with van der Waals surface area (Å²) in [6, 6.07) is 12.6. The van der Waals surface area contributed by atoms with E-state index in [2.05, 4.69) is 51.1 Å². The topological polar surface area (TPSA) is 42.1 Å². The van der Waals surface area contributed by atoms with Gasteiger partial charge in [0.25, 0.3) is 0 Å². The molecule has 1 aromatic heterocycles. The summed E-state index contributed by atoms with van der Waals surface area (Å²) in [5.74, 6) is 0. The number of hydrogen-bond donors (Lipinski definition) is 1. The number of halogens is 1. The molecule has 3 nitrogen and oxygen atoms in total. The van der Waals surface area contributed by atoms with E-state index < -0.39 is 0 Å². The van der Waals surface area contributed by atoms with E-state index in [4.69, 9.17) is 5.73 Å². The second kappa shape index (κ2) is 6.86. The van der Waals surface area contributed by atoms with Gasteiger partial charge in [0, 0.05) is 23.8 Å². The summed E-state index contributed by atoms with van der Waals surface area (Å²) in [6.07, 6.45) is 2.72. The van der Waals surface area contributed by atoms with Gasteiger partial charge in [-0.1, -0.05) is 12.1 Å². The Hall–Kier alpha value is -1.39. The Labute approximate surface area is 129 Å².